The van der Waals surface area contributed by atoms with Crippen molar-refractivity contribution >= 4 is 55.8 Å². The number of nitro groups is 1. The maximum atomic E-state index is 13.6. The van der Waals surface area contributed by atoms with E-state index in [2.05, 4.69) is 15.9 Å². The van der Waals surface area contributed by atoms with E-state index in [0.29, 0.717) is 26.9 Å². The number of halogens is 2. The lowest BCUT2D eigenvalue weighted by Gasteiger charge is -2.25. The van der Waals surface area contributed by atoms with Gasteiger partial charge in [-0.05, 0) is 54.1 Å². The fraction of sp³-hybridized carbons (Fsp3) is 0.0833. The number of anilines is 1. The molecule has 4 aromatic rings. The third kappa shape index (κ3) is 3.44. The van der Waals surface area contributed by atoms with Gasteiger partial charge in [0.25, 0.3) is 11.6 Å². The third-order valence-electron chi connectivity index (χ3n) is 5.67. The van der Waals surface area contributed by atoms with Crippen molar-refractivity contribution in [2.45, 2.75) is 6.04 Å². The molecule has 34 heavy (non-hydrogen) atoms. The molecule has 8 nitrogen and oxygen atoms in total. The van der Waals surface area contributed by atoms with Gasteiger partial charge in [-0.3, -0.25) is 24.6 Å². The minimum atomic E-state index is -0.882. The number of hydrogen-bond acceptors (Lipinski definition) is 6. The van der Waals surface area contributed by atoms with Gasteiger partial charge < -0.3 is 9.15 Å². The predicted molar refractivity (Wildman–Crippen MR) is 130 cm³/mol. The van der Waals surface area contributed by atoms with Crippen molar-refractivity contribution in [1.82, 2.24) is 0 Å². The Morgan fingerprint density at radius 1 is 1.09 bits per heavy atom. The third-order valence-corrected chi connectivity index (χ3v) is 6.45. The van der Waals surface area contributed by atoms with Gasteiger partial charge in [-0.15, -0.1) is 0 Å². The molecule has 2 heterocycles. The summed E-state index contributed by atoms with van der Waals surface area (Å²) < 4.78 is 11.8. The minimum absolute atomic E-state index is 0.0879. The van der Waals surface area contributed by atoms with Gasteiger partial charge in [-0.25, -0.2) is 0 Å². The highest BCUT2D eigenvalue weighted by Crippen LogP contribution is 2.43. The van der Waals surface area contributed by atoms with Crippen molar-refractivity contribution in [3.63, 3.8) is 0 Å². The molecule has 1 unspecified atom stereocenters. The Kier molecular flexibility index (Phi) is 5.38. The summed E-state index contributed by atoms with van der Waals surface area (Å²) >= 11 is 9.68. The topological polar surface area (TPSA) is 103 Å². The molecule has 0 saturated carbocycles. The van der Waals surface area contributed by atoms with Crippen LogP contribution in [0, 0.1) is 10.1 Å². The lowest BCUT2D eigenvalue weighted by atomic mass is 9.98. The summed E-state index contributed by atoms with van der Waals surface area (Å²) in [6.07, 6.45) is 0. The van der Waals surface area contributed by atoms with E-state index in [1.807, 2.05) is 0 Å². The zero-order valence-corrected chi connectivity index (χ0v) is 19.8. The maximum Gasteiger partial charge on any atom is 0.295 e. The molecule has 10 heteroatoms. The number of methoxy groups -OCH3 is 1. The molecule has 0 radical (unpaired) electrons. The molecular weight excluding hydrogens is 528 g/mol. The molecule has 0 bridgehead atoms. The lowest BCUT2D eigenvalue weighted by molar-refractivity contribution is -0.384. The molecule has 3 aromatic carbocycles. The first kappa shape index (κ1) is 22.1. The summed E-state index contributed by atoms with van der Waals surface area (Å²) in [6.45, 7) is 0. The summed E-state index contributed by atoms with van der Waals surface area (Å²) in [5.74, 6) is -0.192. The number of carbonyl (C=O) groups is 1. The second-order valence-corrected chi connectivity index (χ2v) is 8.88. The molecule has 170 valence electrons. The van der Waals surface area contributed by atoms with Crippen molar-refractivity contribution in [2.75, 3.05) is 12.0 Å². The smallest absolute Gasteiger partial charge is 0.295 e. The fourth-order valence-electron chi connectivity index (χ4n) is 4.11. The van der Waals surface area contributed by atoms with Crippen molar-refractivity contribution < 1.29 is 18.9 Å². The van der Waals surface area contributed by atoms with Crippen molar-refractivity contribution in [3.05, 3.63) is 107 Å². The second-order valence-electron chi connectivity index (χ2n) is 7.56. The Morgan fingerprint density at radius 2 is 1.82 bits per heavy atom. The summed E-state index contributed by atoms with van der Waals surface area (Å²) in [6, 6.07) is 14.6. The first-order valence-corrected chi connectivity index (χ1v) is 11.1. The lowest BCUT2D eigenvalue weighted by Crippen LogP contribution is -2.29. The minimum Gasteiger partial charge on any atom is -0.495 e. The van der Waals surface area contributed by atoms with Crippen molar-refractivity contribution in [2.24, 2.45) is 0 Å². The van der Waals surface area contributed by atoms with E-state index >= 15 is 0 Å². The van der Waals surface area contributed by atoms with Crippen LogP contribution in [0.3, 0.4) is 0 Å². The van der Waals surface area contributed by atoms with E-state index in [0.717, 1.165) is 0 Å². The zero-order chi connectivity index (χ0) is 24.1. The molecule has 1 amide bonds. The first-order chi connectivity index (χ1) is 16.3. The van der Waals surface area contributed by atoms with Gasteiger partial charge in [0.15, 0.2) is 5.43 Å². The molecular formula is C24H14BrClN2O6. The van der Waals surface area contributed by atoms with Crippen LogP contribution in [0.1, 0.15) is 27.7 Å². The molecule has 0 saturated heterocycles. The largest absolute Gasteiger partial charge is 0.495 e. The molecule has 0 spiro atoms. The number of nitrogens with zero attached hydrogens (tertiary/aromatic N) is 2. The van der Waals surface area contributed by atoms with Crippen LogP contribution >= 0.6 is 27.5 Å². The molecule has 1 atom stereocenters. The normalized spacial score (nSPS) is 15.0. The Hall–Kier alpha value is -3.69. The van der Waals surface area contributed by atoms with Gasteiger partial charge in [0.2, 0.25) is 5.76 Å². The number of carbonyl (C=O) groups excluding carboxylic acids is 1. The fourth-order valence-corrected chi connectivity index (χ4v) is 4.72. The van der Waals surface area contributed by atoms with Crippen molar-refractivity contribution in [1.29, 1.82) is 0 Å². The average molecular weight is 542 g/mol. The number of benzene rings is 3. The number of ether oxygens (including phenoxy) is 1. The summed E-state index contributed by atoms with van der Waals surface area (Å²) in [7, 11) is 1.48. The number of fused-ring (bicyclic) bond motifs is 2. The van der Waals surface area contributed by atoms with Crippen LogP contribution in [-0.4, -0.2) is 17.9 Å². The number of non-ortho nitro benzene ring substituents is 1. The van der Waals surface area contributed by atoms with Gasteiger partial charge in [0.1, 0.15) is 11.3 Å². The van der Waals surface area contributed by atoms with E-state index in [9.17, 15) is 19.7 Å². The average Bonchev–Trinajstić information content (AvgIpc) is 3.12. The highest BCUT2D eigenvalue weighted by Gasteiger charge is 2.44. The number of nitro benzene ring substituents is 1. The van der Waals surface area contributed by atoms with E-state index in [1.165, 1.54) is 36.3 Å². The molecule has 1 aromatic heterocycles. The highest BCUT2D eigenvalue weighted by molar-refractivity contribution is 9.10. The predicted octanol–water partition coefficient (Wildman–Crippen LogP) is 5.88. The zero-order valence-electron chi connectivity index (χ0n) is 17.5. The Bertz CT molecular complexity index is 1550. The molecule has 0 N–H and O–H groups in total. The monoisotopic (exact) mass is 540 g/mol. The molecule has 0 aliphatic carbocycles. The van der Waals surface area contributed by atoms with E-state index in [-0.39, 0.29) is 33.0 Å². The highest BCUT2D eigenvalue weighted by atomic mass is 79.9. The van der Waals surface area contributed by atoms with Crippen LogP contribution in [0.2, 0.25) is 5.02 Å². The number of hydrogen-bond donors (Lipinski definition) is 0. The van der Waals surface area contributed by atoms with Crippen LogP contribution < -0.4 is 15.1 Å². The molecule has 1 aliphatic rings. The first-order valence-electron chi connectivity index (χ1n) is 9.98. The van der Waals surface area contributed by atoms with Crippen LogP contribution in [0.15, 0.2) is 74.3 Å². The molecule has 1 aliphatic heterocycles. The summed E-state index contributed by atoms with van der Waals surface area (Å²) in [4.78, 5) is 39.2. The molecule has 0 fully saturated rings. The van der Waals surface area contributed by atoms with Gasteiger partial charge >= 0.3 is 0 Å². The Morgan fingerprint density at radius 3 is 2.47 bits per heavy atom. The van der Waals surface area contributed by atoms with Gasteiger partial charge in [0, 0.05) is 22.3 Å². The summed E-state index contributed by atoms with van der Waals surface area (Å²) in [5.41, 5.74) is 0.869. The van der Waals surface area contributed by atoms with Gasteiger partial charge in [0.05, 0.1) is 34.0 Å². The number of amides is 1. The van der Waals surface area contributed by atoms with Crippen LogP contribution in [-0.2, 0) is 0 Å². The van der Waals surface area contributed by atoms with E-state index < -0.39 is 16.9 Å². The quantitative estimate of drug-likeness (QED) is 0.236. The second kappa shape index (κ2) is 8.27. The Balaban J connectivity index is 1.78. The van der Waals surface area contributed by atoms with E-state index in [1.54, 1.807) is 36.4 Å². The SMILES string of the molecule is COc1ccc(N2C(=O)c3oc4ccc(Br)cc4c(=O)c3C2c2ccc([N+](=O)[O-])cc2)cc1Cl. The number of rotatable bonds is 4. The van der Waals surface area contributed by atoms with Crippen LogP contribution in [0.4, 0.5) is 11.4 Å². The maximum absolute atomic E-state index is 13.6. The van der Waals surface area contributed by atoms with Crippen molar-refractivity contribution in [3.8, 4) is 5.75 Å². The molecule has 5 rings (SSSR count). The van der Waals surface area contributed by atoms with E-state index in [4.69, 9.17) is 20.8 Å². The summed E-state index contributed by atoms with van der Waals surface area (Å²) in [5, 5.41) is 11.7. The Labute approximate surface area is 205 Å². The van der Waals surface area contributed by atoms with Gasteiger partial charge in [-0.2, -0.15) is 0 Å². The van der Waals surface area contributed by atoms with Crippen LogP contribution in [0.25, 0.3) is 11.0 Å². The standard InChI is InChI=1S/C24H14BrClN2O6/c1-33-19-9-7-15(11-17(19)26)27-21(12-2-5-14(6-3-12)28(31)32)20-22(29)16-10-13(25)4-8-18(16)34-23(20)24(27)30/h2-11,21H,1H3. The van der Waals surface area contributed by atoms with Crippen LogP contribution in [0.5, 0.6) is 5.75 Å². The van der Waals surface area contributed by atoms with Gasteiger partial charge in [-0.1, -0.05) is 27.5 Å².